The quantitative estimate of drug-likeness (QED) is 0.613. The maximum atomic E-state index is 11.6. The molecule has 0 spiro atoms. The largest absolute Gasteiger partial charge is 0.466 e. The summed E-state index contributed by atoms with van der Waals surface area (Å²) in [5.41, 5.74) is 0. The second-order valence-electron chi connectivity index (χ2n) is 4.53. The first kappa shape index (κ1) is 14.4. The molecule has 90 valence electrons. The van der Waals surface area contributed by atoms with Gasteiger partial charge in [0.05, 0.1) is 19.1 Å². The second kappa shape index (κ2) is 7.69. The number of ether oxygens (including phenoxy) is 2. The molecule has 0 aliphatic heterocycles. The molecule has 0 saturated carbocycles. The van der Waals surface area contributed by atoms with Crippen LogP contribution in [0.2, 0.25) is 0 Å². The molecule has 0 bridgehead atoms. The van der Waals surface area contributed by atoms with Gasteiger partial charge in [-0.2, -0.15) is 0 Å². The molecule has 3 nitrogen and oxygen atoms in total. The van der Waals surface area contributed by atoms with Crippen LogP contribution in [0, 0.1) is 17.8 Å². The maximum absolute atomic E-state index is 11.6. The molecule has 0 aromatic carbocycles. The van der Waals surface area contributed by atoms with E-state index in [0.29, 0.717) is 25.7 Å². The van der Waals surface area contributed by atoms with Gasteiger partial charge >= 0.3 is 5.97 Å². The molecule has 1 unspecified atom stereocenters. The summed E-state index contributed by atoms with van der Waals surface area (Å²) in [5.74, 6) is 0.483. The van der Waals surface area contributed by atoms with Crippen LogP contribution in [-0.2, 0) is 14.3 Å². The molecule has 0 aromatic heterocycles. The highest BCUT2D eigenvalue weighted by Crippen LogP contribution is 2.13. The van der Waals surface area contributed by atoms with Crippen LogP contribution in [0.3, 0.4) is 0 Å². The van der Waals surface area contributed by atoms with Gasteiger partial charge in [0.25, 0.3) is 0 Å². The van der Waals surface area contributed by atoms with Crippen LogP contribution in [0.15, 0.2) is 0 Å². The summed E-state index contributed by atoms with van der Waals surface area (Å²) in [7, 11) is 0. The Labute approximate surface area is 93.1 Å². The van der Waals surface area contributed by atoms with Crippen molar-refractivity contribution in [2.75, 3.05) is 19.8 Å². The molecule has 0 aromatic rings. The highest BCUT2D eigenvalue weighted by Gasteiger charge is 2.23. The van der Waals surface area contributed by atoms with Crippen LogP contribution in [0.1, 0.15) is 34.6 Å². The molecule has 3 heteroatoms. The van der Waals surface area contributed by atoms with Gasteiger partial charge in [0.1, 0.15) is 0 Å². The first-order valence-corrected chi connectivity index (χ1v) is 5.73. The van der Waals surface area contributed by atoms with Crippen LogP contribution in [0.4, 0.5) is 0 Å². The summed E-state index contributed by atoms with van der Waals surface area (Å²) in [4.78, 5) is 11.6. The average Bonchev–Trinajstić information content (AvgIpc) is 2.11. The fraction of sp³-hybridized carbons (Fsp3) is 0.917. The molecule has 0 aliphatic rings. The molecular weight excluding hydrogens is 192 g/mol. The Bertz CT molecular complexity index is 176. The van der Waals surface area contributed by atoms with E-state index in [0.717, 1.165) is 0 Å². The van der Waals surface area contributed by atoms with Crippen LogP contribution >= 0.6 is 0 Å². The van der Waals surface area contributed by atoms with Gasteiger partial charge in [-0.25, -0.2) is 0 Å². The number of hydrogen-bond donors (Lipinski definition) is 0. The molecule has 0 rings (SSSR count). The van der Waals surface area contributed by atoms with Crippen molar-refractivity contribution >= 4 is 5.97 Å². The van der Waals surface area contributed by atoms with Crippen LogP contribution < -0.4 is 0 Å². The Morgan fingerprint density at radius 1 is 1.13 bits per heavy atom. The Morgan fingerprint density at radius 3 is 2.13 bits per heavy atom. The molecule has 0 fully saturated rings. The van der Waals surface area contributed by atoms with Crippen molar-refractivity contribution in [1.82, 2.24) is 0 Å². The third kappa shape index (κ3) is 6.50. The van der Waals surface area contributed by atoms with Crippen molar-refractivity contribution in [3.8, 4) is 0 Å². The predicted molar refractivity (Wildman–Crippen MR) is 60.6 cm³/mol. The fourth-order valence-corrected chi connectivity index (χ4v) is 1.21. The zero-order valence-electron chi connectivity index (χ0n) is 10.6. The number of hydrogen-bond acceptors (Lipinski definition) is 3. The van der Waals surface area contributed by atoms with Crippen molar-refractivity contribution in [3.05, 3.63) is 0 Å². The maximum Gasteiger partial charge on any atom is 0.311 e. The van der Waals surface area contributed by atoms with E-state index in [1.54, 1.807) is 0 Å². The van der Waals surface area contributed by atoms with Crippen molar-refractivity contribution in [1.29, 1.82) is 0 Å². The number of rotatable bonds is 7. The Kier molecular flexibility index (Phi) is 7.39. The van der Waals surface area contributed by atoms with Gasteiger partial charge in [0.15, 0.2) is 0 Å². The van der Waals surface area contributed by atoms with E-state index in [9.17, 15) is 4.79 Å². The van der Waals surface area contributed by atoms with Gasteiger partial charge < -0.3 is 9.47 Å². The molecule has 1 atom stereocenters. The summed E-state index contributed by atoms with van der Waals surface area (Å²) < 4.78 is 10.5. The van der Waals surface area contributed by atoms with E-state index in [4.69, 9.17) is 9.47 Å². The first-order chi connectivity index (χ1) is 6.99. The molecule has 0 saturated heterocycles. The molecule has 0 heterocycles. The first-order valence-electron chi connectivity index (χ1n) is 5.73. The summed E-state index contributed by atoms with van der Waals surface area (Å²) >= 11 is 0. The van der Waals surface area contributed by atoms with Crippen LogP contribution in [-0.4, -0.2) is 25.8 Å². The van der Waals surface area contributed by atoms with Gasteiger partial charge in [0, 0.05) is 6.61 Å². The topological polar surface area (TPSA) is 35.5 Å². The Morgan fingerprint density at radius 2 is 1.73 bits per heavy atom. The van der Waals surface area contributed by atoms with Crippen molar-refractivity contribution in [3.63, 3.8) is 0 Å². The van der Waals surface area contributed by atoms with Gasteiger partial charge in [0.2, 0.25) is 0 Å². The van der Waals surface area contributed by atoms with E-state index in [1.165, 1.54) is 0 Å². The molecule has 0 radical (unpaired) electrons. The van der Waals surface area contributed by atoms with E-state index >= 15 is 0 Å². The van der Waals surface area contributed by atoms with Crippen molar-refractivity contribution in [2.24, 2.45) is 17.8 Å². The van der Waals surface area contributed by atoms with E-state index < -0.39 is 0 Å². The second-order valence-corrected chi connectivity index (χ2v) is 4.53. The monoisotopic (exact) mass is 216 g/mol. The smallest absolute Gasteiger partial charge is 0.311 e. The van der Waals surface area contributed by atoms with E-state index in [2.05, 4.69) is 13.8 Å². The van der Waals surface area contributed by atoms with Gasteiger partial charge in [-0.15, -0.1) is 0 Å². The lowest BCUT2D eigenvalue weighted by Gasteiger charge is -2.19. The third-order valence-electron chi connectivity index (χ3n) is 2.14. The standard InChI is InChI=1S/C12H24O3/c1-6-15-12(13)11(10(4)5)8-14-7-9(2)3/h9-11H,6-8H2,1-5H3. The Hall–Kier alpha value is -0.570. The lowest BCUT2D eigenvalue weighted by Crippen LogP contribution is -2.28. The van der Waals surface area contributed by atoms with Crippen molar-refractivity contribution < 1.29 is 14.3 Å². The van der Waals surface area contributed by atoms with Gasteiger partial charge in [-0.1, -0.05) is 27.7 Å². The SMILES string of the molecule is CCOC(=O)C(COCC(C)C)C(C)C. The minimum Gasteiger partial charge on any atom is -0.466 e. The fourth-order valence-electron chi connectivity index (χ4n) is 1.21. The molecule has 0 amide bonds. The highest BCUT2D eigenvalue weighted by atomic mass is 16.5. The van der Waals surface area contributed by atoms with Gasteiger partial charge in [-0.05, 0) is 18.8 Å². The molecule has 0 N–H and O–H groups in total. The number of carbonyl (C=O) groups excluding carboxylic acids is 1. The van der Waals surface area contributed by atoms with Crippen molar-refractivity contribution in [2.45, 2.75) is 34.6 Å². The van der Waals surface area contributed by atoms with Gasteiger partial charge in [-0.3, -0.25) is 4.79 Å². The van der Waals surface area contributed by atoms with E-state index in [-0.39, 0.29) is 17.8 Å². The lowest BCUT2D eigenvalue weighted by molar-refractivity contribution is -0.152. The predicted octanol–water partition coefficient (Wildman–Crippen LogP) is 2.49. The zero-order chi connectivity index (χ0) is 11.8. The minimum atomic E-state index is -0.142. The van der Waals surface area contributed by atoms with Crippen LogP contribution in [0.5, 0.6) is 0 Å². The highest BCUT2D eigenvalue weighted by molar-refractivity contribution is 5.72. The summed E-state index contributed by atoms with van der Waals surface area (Å²) in [6, 6.07) is 0. The molecular formula is C12H24O3. The zero-order valence-corrected chi connectivity index (χ0v) is 10.6. The normalized spacial score (nSPS) is 13.3. The Balaban J connectivity index is 3.99. The number of carbonyl (C=O) groups is 1. The van der Waals surface area contributed by atoms with E-state index in [1.807, 2.05) is 20.8 Å². The molecule has 0 aliphatic carbocycles. The molecule has 15 heavy (non-hydrogen) atoms. The number of esters is 1. The third-order valence-corrected chi connectivity index (χ3v) is 2.14. The van der Waals surface area contributed by atoms with Crippen LogP contribution in [0.25, 0.3) is 0 Å². The summed E-state index contributed by atoms with van der Waals surface area (Å²) in [6.07, 6.45) is 0. The average molecular weight is 216 g/mol. The summed E-state index contributed by atoms with van der Waals surface area (Å²) in [6.45, 7) is 11.6. The lowest BCUT2D eigenvalue weighted by atomic mass is 9.97. The summed E-state index contributed by atoms with van der Waals surface area (Å²) in [5, 5.41) is 0. The minimum absolute atomic E-state index is 0.135.